The van der Waals surface area contributed by atoms with Crippen LogP contribution in [-0.2, 0) is 15.7 Å². The molecule has 2 atom stereocenters. The average molecular weight is 566 g/mol. The van der Waals surface area contributed by atoms with Crippen LogP contribution in [0, 0.1) is 0 Å². The molecular formula is C34H56N3Ni. The van der Waals surface area contributed by atoms with Crippen LogP contribution in [0.15, 0.2) is 24.3 Å². The summed E-state index contributed by atoms with van der Waals surface area (Å²) in [6, 6.07) is 9.20. The van der Waals surface area contributed by atoms with E-state index < -0.39 is 0 Å². The molecule has 0 spiro atoms. The average Bonchev–Trinajstić information content (AvgIpc) is 2.81. The topological polar surface area (TPSA) is 55.3 Å². The van der Waals surface area contributed by atoms with E-state index in [9.17, 15) is 0 Å². The molecule has 3 nitrogen and oxygen atoms in total. The molecule has 38 heavy (non-hydrogen) atoms. The third-order valence-electron chi connectivity index (χ3n) is 7.86. The Balaban J connectivity index is 2.43. The molecule has 4 N–H and O–H groups in total. The van der Waals surface area contributed by atoms with E-state index in [1.165, 1.54) is 44.5 Å². The summed E-state index contributed by atoms with van der Waals surface area (Å²) in [5.41, 5.74) is 24.7. The van der Waals surface area contributed by atoms with Crippen molar-refractivity contribution in [1.82, 2.24) is 3.98 Å². The van der Waals surface area contributed by atoms with Crippen LogP contribution in [0.5, 0.6) is 0 Å². The van der Waals surface area contributed by atoms with Crippen LogP contribution in [-0.4, -0.2) is 17.1 Å². The molecule has 0 amide bonds. The molecule has 0 aliphatic rings. The van der Waals surface area contributed by atoms with Gasteiger partial charge >= 0.3 is 244 Å². The van der Waals surface area contributed by atoms with E-state index in [1.807, 2.05) is 3.98 Å². The summed E-state index contributed by atoms with van der Waals surface area (Å²) in [5.74, 6) is 2.57. The van der Waals surface area contributed by atoms with E-state index >= 15 is 0 Å². The van der Waals surface area contributed by atoms with Crippen molar-refractivity contribution < 1.29 is 15.7 Å². The van der Waals surface area contributed by atoms with Crippen LogP contribution >= 0.6 is 0 Å². The minimum absolute atomic E-state index is 0.149. The third kappa shape index (κ3) is 7.94. The predicted molar refractivity (Wildman–Crippen MR) is 163 cm³/mol. The standard InChI is InChI=1S/C34H56N3.Ni/c1-19(2)25-13-27(21(5)6)33(28(14-25)22(7)8)31(35)17-37-18-32(36)34-29(23(9)10)15-26(20(3)4)16-30(34)24(11)12;/h13-16,19-24,31-32H,17-18,35-36H2,1-12H3;/q-1;+1. The van der Waals surface area contributed by atoms with Gasteiger partial charge in [0, 0.05) is 0 Å². The summed E-state index contributed by atoms with van der Waals surface area (Å²) >= 11 is 5.56. The zero-order valence-electron chi connectivity index (χ0n) is 26.3. The van der Waals surface area contributed by atoms with Crippen molar-refractivity contribution in [3.63, 3.8) is 0 Å². The second-order valence-corrected chi connectivity index (χ2v) is 13.8. The Labute approximate surface area is 243 Å². The number of nitrogens with two attached hydrogens (primary N) is 2. The summed E-state index contributed by atoms with van der Waals surface area (Å²) in [6.07, 6.45) is 0. The van der Waals surface area contributed by atoms with Crippen molar-refractivity contribution in [2.75, 3.05) is 13.1 Å². The number of hydrogen-bond acceptors (Lipinski definition) is 3. The van der Waals surface area contributed by atoms with Gasteiger partial charge in [-0.25, -0.2) is 0 Å². The van der Waals surface area contributed by atoms with Crippen LogP contribution in [0.3, 0.4) is 0 Å². The van der Waals surface area contributed by atoms with Gasteiger partial charge in [-0.3, -0.25) is 0 Å². The second-order valence-electron chi connectivity index (χ2n) is 13.2. The molecular weight excluding hydrogens is 509 g/mol. The molecule has 0 aliphatic heterocycles. The Hall–Kier alpha value is -1.19. The van der Waals surface area contributed by atoms with E-state index in [0.29, 0.717) is 48.6 Å². The fourth-order valence-electron chi connectivity index (χ4n) is 5.54. The molecule has 2 rings (SSSR count). The van der Waals surface area contributed by atoms with Crippen LogP contribution in [0.1, 0.15) is 175 Å². The quantitative estimate of drug-likeness (QED) is 0.253. The molecule has 0 aliphatic carbocycles. The number of benzene rings is 2. The molecule has 2 unspecified atom stereocenters. The van der Waals surface area contributed by atoms with Crippen molar-refractivity contribution in [3.05, 3.63) is 68.8 Å². The Morgan fingerprint density at radius 2 is 0.737 bits per heavy atom. The fourth-order valence-corrected chi connectivity index (χ4v) is 5.93. The summed E-state index contributed by atoms with van der Waals surface area (Å²) in [7, 11) is 0. The first-order valence-electron chi connectivity index (χ1n) is 14.8. The van der Waals surface area contributed by atoms with Crippen LogP contribution < -0.4 is 11.5 Å². The molecule has 217 valence electrons. The van der Waals surface area contributed by atoms with Crippen molar-refractivity contribution in [3.8, 4) is 0 Å². The second kappa shape index (κ2) is 13.9. The molecule has 2 aromatic rings. The summed E-state index contributed by atoms with van der Waals surface area (Å²) in [6.45, 7) is 28.5. The zero-order valence-corrected chi connectivity index (χ0v) is 27.2. The number of nitrogens with zero attached hydrogens (tertiary/aromatic N) is 1. The molecule has 2 aromatic carbocycles. The molecule has 4 heteroatoms. The van der Waals surface area contributed by atoms with Gasteiger partial charge in [0.15, 0.2) is 0 Å². The predicted octanol–water partition coefficient (Wildman–Crippen LogP) is 8.89. The SMILES string of the molecule is CC(C)c1cc(C(C)C)c(C(N)C[N]([Ni])CC(N)c2c(C(C)C)cc(C(C)C)cc2C(C)C)c(C(C)C)c1. The van der Waals surface area contributed by atoms with Crippen LogP contribution in [0.2, 0.25) is 0 Å². The summed E-state index contributed by atoms with van der Waals surface area (Å²) in [4.78, 5) is 0. The van der Waals surface area contributed by atoms with Gasteiger partial charge in [-0.1, -0.05) is 0 Å². The first-order chi connectivity index (χ1) is 17.6. The van der Waals surface area contributed by atoms with Crippen molar-refractivity contribution in [1.29, 1.82) is 0 Å². The van der Waals surface area contributed by atoms with E-state index in [0.717, 1.165) is 0 Å². The van der Waals surface area contributed by atoms with Crippen LogP contribution in [0.25, 0.3) is 0 Å². The van der Waals surface area contributed by atoms with Gasteiger partial charge < -0.3 is 0 Å². The van der Waals surface area contributed by atoms with Gasteiger partial charge in [0.25, 0.3) is 0 Å². The maximum atomic E-state index is 6.98. The van der Waals surface area contributed by atoms with Gasteiger partial charge in [0.2, 0.25) is 0 Å². The fraction of sp³-hybridized carbons (Fsp3) is 0.647. The van der Waals surface area contributed by atoms with Gasteiger partial charge in [0.05, 0.1) is 0 Å². The number of rotatable bonds is 12. The molecule has 0 radical (unpaired) electrons. The Kier molecular flexibility index (Phi) is 12.1. The Morgan fingerprint density at radius 3 is 0.921 bits per heavy atom. The first-order valence-corrected chi connectivity index (χ1v) is 15.2. The normalized spacial score (nSPS) is 14.3. The van der Waals surface area contributed by atoms with Gasteiger partial charge in [0.1, 0.15) is 0 Å². The Bertz CT molecular complexity index is 910. The van der Waals surface area contributed by atoms with Crippen LogP contribution in [0.4, 0.5) is 0 Å². The monoisotopic (exact) mass is 564 g/mol. The minimum atomic E-state index is -0.149. The van der Waals surface area contributed by atoms with E-state index in [-0.39, 0.29) is 12.1 Å². The van der Waals surface area contributed by atoms with Gasteiger partial charge in [-0.2, -0.15) is 0 Å². The molecule has 0 bridgehead atoms. The van der Waals surface area contributed by atoms with E-state index in [4.69, 9.17) is 27.1 Å². The van der Waals surface area contributed by atoms with E-state index in [1.54, 1.807) is 0 Å². The molecule has 0 fully saturated rings. The van der Waals surface area contributed by atoms with Gasteiger partial charge in [-0.15, -0.1) is 0 Å². The maximum absolute atomic E-state index is 6.98. The van der Waals surface area contributed by atoms with Crippen molar-refractivity contribution >= 4 is 0 Å². The van der Waals surface area contributed by atoms with Crippen molar-refractivity contribution in [2.24, 2.45) is 11.5 Å². The summed E-state index contributed by atoms with van der Waals surface area (Å²) < 4.78 is 1.98. The number of hydrogen-bond donors (Lipinski definition) is 2. The molecule has 0 saturated heterocycles. The first kappa shape index (κ1) is 33.0. The van der Waals surface area contributed by atoms with Gasteiger partial charge in [-0.05, 0) is 0 Å². The molecule has 0 aromatic heterocycles. The van der Waals surface area contributed by atoms with E-state index in [2.05, 4.69) is 107 Å². The Morgan fingerprint density at radius 1 is 0.500 bits per heavy atom. The molecule has 0 heterocycles. The zero-order chi connectivity index (χ0) is 29.1. The van der Waals surface area contributed by atoms with Crippen molar-refractivity contribution in [2.45, 2.75) is 131 Å². The third-order valence-corrected chi connectivity index (χ3v) is 8.22. The summed E-state index contributed by atoms with van der Waals surface area (Å²) in [5, 5.41) is 0. The molecule has 0 saturated carbocycles.